The molecule has 3 fully saturated rings. The van der Waals surface area contributed by atoms with Gasteiger partial charge in [0, 0.05) is 5.69 Å². The van der Waals surface area contributed by atoms with Crippen LogP contribution in [0.4, 0.5) is 5.69 Å². The van der Waals surface area contributed by atoms with E-state index >= 15 is 0 Å². The van der Waals surface area contributed by atoms with Gasteiger partial charge in [0.15, 0.2) is 24.0 Å². The highest BCUT2D eigenvalue weighted by molar-refractivity contribution is 5.96. The number of benzene rings is 1. The number of rotatable bonds is 4. The van der Waals surface area contributed by atoms with E-state index in [0.717, 1.165) is 0 Å². The van der Waals surface area contributed by atoms with E-state index in [0.29, 0.717) is 17.9 Å². The van der Waals surface area contributed by atoms with E-state index in [2.05, 4.69) is 5.32 Å². The van der Waals surface area contributed by atoms with Gasteiger partial charge in [-0.1, -0.05) is 0 Å². The number of carbonyl (C=O) groups is 2. The molecule has 9 nitrogen and oxygen atoms in total. The van der Waals surface area contributed by atoms with Crippen LogP contribution in [0.25, 0.3) is 0 Å². The molecule has 0 aromatic heterocycles. The molecule has 0 spiro atoms. The van der Waals surface area contributed by atoms with Gasteiger partial charge in [-0.25, -0.2) is 4.79 Å². The SMILES string of the molecule is CCOC(=O)c1ccc(NC(=O)[C@H]2O[C@H]3OC(C)(C)O[C@@H]3[C@H]3OC(C)(C)O[C@H]32)cc1. The molecule has 0 unspecified atom stereocenters. The normalized spacial score (nSPS) is 33.4. The van der Waals surface area contributed by atoms with Crippen LogP contribution in [0, 0.1) is 0 Å². The predicted octanol–water partition coefficient (Wildman–Crippen LogP) is 2.20. The van der Waals surface area contributed by atoms with Crippen LogP contribution in [0.2, 0.25) is 0 Å². The largest absolute Gasteiger partial charge is 0.462 e. The summed E-state index contributed by atoms with van der Waals surface area (Å²) in [6, 6.07) is 6.43. The Morgan fingerprint density at radius 1 is 0.933 bits per heavy atom. The zero-order valence-corrected chi connectivity index (χ0v) is 17.7. The van der Waals surface area contributed by atoms with Crippen LogP contribution in [0.5, 0.6) is 0 Å². The second-order valence-corrected chi connectivity index (χ2v) is 8.38. The molecule has 0 radical (unpaired) electrons. The lowest BCUT2D eigenvalue weighted by molar-refractivity contribution is -0.229. The number of esters is 1. The van der Waals surface area contributed by atoms with Crippen LogP contribution < -0.4 is 5.32 Å². The topological polar surface area (TPSA) is 102 Å². The van der Waals surface area contributed by atoms with E-state index in [4.69, 9.17) is 28.4 Å². The Kier molecular flexibility index (Phi) is 5.36. The lowest BCUT2D eigenvalue weighted by Gasteiger charge is -2.36. The molecule has 3 aliphatic heterocycles. The Morgan fingerprint density at radius 2 is 1.53 bits per heavy atom. The first-order valence-electron chi connectivity index (χ1n) is 10.0. The molecular weight excluding hydrogens is 394 g/mol. The number of carbonyl (C=O) groups excluding carboxylic acids is 2. The average molecular weight is 421 g/mol. The molecule has 3 saturated heterocycles. The fourth-order valence-corrected chi connectivity index (χ4v) is 3.94. The van der Waals surface area contributed by atoms with Crippen molar-refractivity contribution in [3.8, 4) is 0 Å². The van der Waals surface area contributed by atoms with Crippen molar-refractivity contribution < 1.29 is 38.0 Å². The van der Waals surface area contributed by atoms with Crippen LogP contribution in [0.15, 0.2) is 24.3 Å². The molecule has 0 bridgehead atoms. The van der Waals surface area contributed by atoms with E-state index in [1.165, 1.54) is 0 Å². The molecule has 1 N–H and O–H groups in total. The summed E-state index contributed by atoms with van der Waals surface area (Å²) in [6.07, 6.45) is -3.37. The monoisotopic (exact) mass is 421 g/mol. The standard InChI is InChI=1S/C21H27NO8/c1-6-25-18(24)11-7-9-12(10-8-11)22-17(23)15-13-14(28-20(2,3)27-13)16-19(26-15)30-21(4,5)29-16/h7-10,13-16,19H,6H2,1-5H3,(H,22,23)/t13-,14+,15+,16-,19+/m1/s1. The summed E-state index contributed by atoms with van der Waals surface area (Å²) >= 11 is 0. The summed E-state index contributed by atoms with van der Waals surface area (Å²) in [5.41, 5.74) is 0.914. The van der Waals surface area contributed by atoms with E-state index in [1.807, 2.05) is 0 Å². The molecule has 3 aliphatic rings. The fraction of sp³-hybridized carbons (Fsp3) is 0.619. The lowest BCUT2D eigenvalue weighted by Crippen LogP contribution is -2.58. The minimum atomic E-state index is -0.958. The van der Waals surface area contributed by atoms with Crippen LogP contribution in [0.3, 0.4) is 0 Å². The zero-order chi connectivity index (χ0) is 21.7. The molecule has 164 valence electrons. The second kappa shape index (κ2) is 7.58. The summed E-state index contributed by atoms with van der Waals surface area (Å²) in [4.78, 5) is 24.8. The number of hydrogen-bond donors (Lipinski definition) is 1. The Balaban J connectivity index is 1.50. The maximum atomic E-state index is 13.0. The van der Waals surface area contributed by atoms with Gasteiger partial charge in [-0.05, 0) is 58.9 Å². The highest BCUT2D eigenvalue weighted by atomic mass is 16.9. The number of nitrogens with one attached hydrogen (secondary N) is 1. The minimum absolute atomic E-state index is 0.294. The van der Waals surface area contributed by atoms with Gasteiger partial charge in [-0.2, -0.15) is 0 Å². The van der Waals surface area contributed by atoms with Gasteiger partial charge >= 0.3 is 5.97 Å². The van der Waals surface area contributed by atoms with E-state index in [9.17, 15) is 9.59 Å². The highest BCUT2D eigenvalue weighted by Crippen LogP contribution is 2.44. The summed E-state index contributed by atoms with van der Waals surface area (Å²) in [5, 5.41) is 2.80. The number of hydrogen-bond acceptors (Lipinski definition) is 8. The quantitative estimate of drug-likeness (QED) is 0.739. The van der Waals surface area contributed by atoms with Gasteiger partial charge in [0.1, 0.15) is 18.3 Å². The first-order valence-corrected chi connectivity index (χ1v) is 10.0. The van der Waals surface area contributed by atoms with Crippen molar-refractivity contribution in [3.05, 3.63) is 29.8 Å². The lowest BCUT2D eigenvalue weighted by atomic mass is 9.98. The molecule has 5 atom stereocenters. The Hall–Kier alpha value is -2.04. The first-order chi connectivity index (χ1) is 14.1. The summed E-state index contributed by atoms with van der Waals surface area (Å²) in [6.45, 7) is 9.16. The molecule has 4 rings (SSSR count). The average Bonchev–Trinajstić information content (AvgIpc) is 3.15. The molecular formula is C21H27NO8. The van der Waals surface area contributed by atoms with Crippen molar-refractivity contribution >= 4 is 17.6 Å². The molecule has 1 aromatic carbocycles. The van der Waals surface area contributed by atoms with E-state index < -0.39 is 54.2 Å². The van der Waals surface area contributed by atoms with Crippen LogP contribution in [-0.2, 0) is 33.2 Å². The van der Waals surface area contributed by atoms with Gasteiger partial charge in [0.2, 0.25) is 0 Å². The number of amides is 1. The molecule has 0 aliphatic carbocycles. The molecule has 1 aromatic rings. The maximum absolute atomic E-state index is 13.0. The number of anilines is 1. The third kappa shape index (κ3) is 4.08. The van der Waals surface area contributed by atoms with Gasteiger partial charge in [0.05, 0.1) is 12.2 Å². The maximum Gasteiger partial charge on any atom is 0.338 e. The molecule has 30 heavy (non-hydrogen) atoms. The zero-order valence-electron chi connectivity index (χ0n) is 17.7. The third-order valence-electron chi connectivity index (χ3n) is 5.08. The smallest absolute Gasteiger partial charge is 0.338 e. The van der Waals surface area contributed by atoms with Crippen molar-refractivity contribution in [2.24, 2.45) is 0 Å². The van der Waals surface area contributed by atoms with Crippen molar-refractivity contribution in [3.63, 3.8) is 0 Å². The second-order valence-electron chi connectivity index (χ2n) is 8.38. The van der Waals surface area contributed by atoms with Crippen molar-refractivity contribution in [2.45, 2.75) is 76.9 Å². The Morgan fingerprint density at radius 3 is 2.20 bits per heavy atom. The summed E-state index contributed by atoms with van der Waals surface area (Å²) < 4.78 is 34.6. The highest BCUT2D eigenvalue weighted by Gasteiger charge is 2.62. The van der Waals surface area contributed by atoms with Crippen molar-refractivity contribution in [1.29, 1.82) is 0 Å². The Bertz CT molecular complexity index is 821. The van der Waals surface area contributed by atoms with E-state index in [1.54, 1.807) is 58.9 Å². The van der Waals surface area contributed by atoms with Crippen molar-refractivity contribution in [1.82, 2.24) is 0 Å². The molecule has 0 saturated carbocycles. The van der Waals surface area contributed by atoms with Crippen LogP contribution in [0.1, 0.15) is 45.0 Å². The summed E-state index contributed by atoms with van der Waals surface area (Å²) in [5.74, 6) is -2.56. The van der Waals surface area contributed by atoms with Gasteiger partial charge in [-0.3, -0.25) is 4.79 Å². The minimum Gasteiger partial charge on any atom is -0.462 e. The van der Waals surface area contributed by atoms with Crippen LogP contribution in [-0.4, -0.2) is 60.8 Å². The first kappa shape index (κ1) is 21.2. The molecule has 9 heteroatoms. The predicted molar refractivity (Wildman–Crippen MR) is 104 cm³/mol. The number of ether oxygens (including phenoxy) is 6. The van der Waals surface area contributed by atoms with Gasteiger partial charge in [-0.15, -0.1) is 0 Å². The van der Waals surface area contributed by atoms with Gasteiger partial charge in [0.25, 0.3) is 5.91 Å². The van der Waals surface area contributed by atoms with E-state index in [-0.39, 0.29) is 0 Å². The molecule has 1 amide bonds. The Labute approximate surface area is 174 Å². The fourth-order valence-electron chi connectivity index (χ4n) is 3.94. The third-order valence-corrected chi connectivity index (χ3v) is 5.08. The van der Waals surface area contributed by atoms with Crippen molar-refractivity contribution in [2.75, 3.05) is 11.9 Å². The molecule has 3 heterocycles. The van der Waals surface area contributed by atoms with Crippen LogP contribution >= 0.6 is 0 Å². The van der Waals surface area contributed by atoms with Gasteiger partial charge < -0.3 is 33.7 Å². The number of fused-ring (bicyclic) bond motifs is 3. The summed E-state index contributed by atoms with van der Waals surface area (Å²) in [7, 11) is 0.